The molecule has 0 aliphatic heterocycles. The minimum atomic E-state index is -5.09. The van der Waals surface area contributed by atoms with Crippen LogP contribution in [0.1, 0.15) is 29.8 Å². The van der Waals surface area contributed by atoms with E-state index >= 15 is 0 Å². The normalized spacial score (nSPS) is 13.5. The van der Waals surface area contributed by atoms with Crippen molar-refractivity contribution in [3.8, 4) is 5.88 Å². The van der Waals surface area contributed by atoms with Crippen LogP contribution in [0, 0.1) is 0 Å². The minimum absolute atomic E-state index is 0.152. The van der Waals surface area contributed by atoms with Gasteiger partial charge in [-0.2, -0.15) is 26.3 Å². The molecule has 0 bridgehead atoms. The molecule has 2 N–H and O–H groups in total. The van der Waals surface area contributed by atoms with Crippen LogP contribution in [-0.4, -0.2) is 35.8 Å². The highest BCUT2D eigenvalue weighted by Gasteiger charge is 2.39. The van der Waals surface area contributed by atoms with E-state index in [0.29, 0.717) is 6.07 Å². The van der Waals surface area contributed by atoms with E-state index in [2.05, 4.69) is 9.72 Å². The monoisotopic (exact) mass is 360 g/mol. The number of aromatic nitrogens is 1. The molecule has 1 atom stereocenters. The average Bonchev–Trinajstić information content (AvgIpc) is 2.44. The van der Waals surface area contributed by atoms with Gasteiger partial charge in [0.05, 0.1) is 18.9 Å². The third kappa shape index (κ3) is 4.98. The zero-order valence-electron chi connectivity index (χ0n) is 12.5. The summed E-state index contributed by atoms with van der Waals surface area (Å²) in [4.78, 5) is 14.3. The average molecular weight is 360 g/mol. The summed E-state index contributed by atoms with van der Waals surface area (Å²) in [5, 5.41) is 11.1. The van der Waals surface area contributed by atoms with E-state index < -0.39 is 42.4 Å². The van der Waals surface area contributed by atoms with E-state index in [9.17, 15) is 36.2 Å². The molecule has 0 aliphatic carbocycles. The molecule has 0 aromatic carbocycles. The number of aliphatic hydroxyl groups is 1. The summed E-state index contributed by atoms with van der Waals surface area (Å²) in [5.74, 6) is -2.97. The van der Waals surface area contributed by atoms with Crippen LogP contribution in [-0.2, 0) is 17.4 Å². The molecule has 136 valence electrons. The number of hydrogen-bond acceptors (Lipinski definition) is 4. The summed E-state index contributed by atoms with van der Waals surface area (Å²) in [7, 11) is 0.965. The van der Waals surface area contributed by atoms with Gasteiger partial charge in [-0.05, 0) is 25.0 Å². The molecule has 24 heavy (non-hydrogen) atoms. The quantitative estimate of drug-likeness (QED) is 0.791. The van der Waals surface area contributed by atoms with E-state index in [-0.39, 0.29) is 17.7 Å². The largest absolute Gasteiger partial charge is 0.481 e. The number of alkyl halides is 6. The Kier molecular flexibility index (Phi) is 6.04. The maximum Gasteiger partial charge on any atom is 0.471 e. The summed E-state index contributed by atoms with van der Waals surface area (Å²) in [5.41, 5.74) is -1.56. The molecule has 0 saturated carbocycles. The number of nitrogens with zero attached hydrogens (tertiary/aromatic N) is 1. The molecule has 1 heterocycles. The van der Waals surface area contributed by atoms with Crippen LogP contribution in [0.5, 0.6) is 5.88 Å². The molecular weight excluding hydrogens is 346 g/mol. The maximum atomic E-state index is 13.0. The maximum absolute atomic E-state index is 13.0. The molecule has 0 saturated heterocycles. The molecule has 0 radical (unpaired) electrons. The molecule has 1 aromatic heterocycles. The highest BCUT2D eigenvalue weighted by molar-refractivity contribution is 5.81. The predicted molar refractivity (Wildman–Crippen MR) is 69.2 cm³/mol. The lowest BCUT2D eigenvalue weighted by atomic mass is 10.0. The van der Waals surface area contributed by atoms with Crippen molar-refractivity contribution in [1.29, 1.82) is 0 Å². The fraction of sp³-hybridized carbons (Fsp3) is 0.538. The predicted octanol–water partition coefficient (Wildman–Crippen LogP) is 2.38. The Labute approximate surface area is 132 Å². The minimum Gasteiger partial charge on any atom is -0.481 e. The van der Waals surface area contributed by atoms with Crippen molar-refractivity contribution < 1.29 is 41.0 Å². The van der Waals surface area contributed by atoms with Crippen molar-refractivity contribution in [3.05, 3.63) is 22.9 Å². The third-order valence-corrected chi connectivity index (χ3v) is 2.93. The molecular formula is C13H14F6N2O3. The number of carbonyl (C=O) groups excluding carboxylic acids is 1. The number of rotatable bonds is 5. The zero-order valence-corrected chi connectivity index (χ0v) is 12.5. The van der Waals surface area contributed by atoms with Crippen LogP contribution in [0.4, 0.5) is 26.3 Å². The molecule has 0 spiro atoms. The van der Waals surface area contributed by atoms with Crippen molar-refractivity contribution in [2.45, 2.75) is 31.8 Å². The van der Waals surface area contributed by atoms with Gasteiger partial charge in [0, 0.05) is 6.54 Å². The summed E-state index contributed by atoms with van der Waals surface area (Å²) in [6.07, 6.45) is -11.6. The topological polar surface area (TPSA) is 71.5 Å². The molecule has 0 unspecified atom stereocenters. The molecule has 0 aliphatic rings. The van der Waals surface area contributed by atoms with E-state index in [1.54, 1.807) is 0 Å². The van der Waals surface area contributed by atoms with Gasteiger partial charge in [-0.1, -0.05) is 0 Å². The number of ether oxygens (including phenoxy) is 1. The van der Waals surface area contributed by atoms with E-state index in [1.807, 2.05) is 0 Å². The van der Waals surface area contributed by atoms with Gasteiger partial charge in [0.15, 0.2) is 0 Å². The molecule has 5 nitrogen and oxygen atoms in total. The summed E-state index contributed by atoms with van der Waals surface area (Å²) < 4.78 is 79.6. The standard InChI is InChI=1S/C13H14F6N2O3/c1-6(22)9-7(3-4-20-11(23)13(17,18)19)5-8(12(14,15)16)10(21-9)24-2/h5-6,22H,3-4H2,1-2H3,(H,20,23)/t6-/m1/s1. The number of nitrogens with one attached hydrogen (secondary N) is 1. The summed E-state index contributed by atoms with van der Waals surface area (Å²) in [6, 6.07) is 0.633. The van der Waals surface area contributed by atoms with Crippen molar-refractivity contribution in [2.24, 2.45) is 0 Å². The van der Waals surface area contributed by atoms with Crippen LogP contribution in [0.25, 0.3) is 0 Å². The van der Waals surface area contributed by atoms with Gasteiger partial charge in [-0.15, -0.1) is 0 Å². The van der Waals surface area contributed by atoms with Crippen molar-refractivity contribution in [1.82, 2.24) is 10.3 Å². The first-order chi connectivity index (χ1) is 10.9. The Balaban J connectivity index is 3.10. The number of amides is 1. The second kappa shape index (κ2) is 7.24. The number of carbonyl (C=O) groups is 1. The Morgan fingerprint density at radius 3 is 2.33 bits per heavy atom. The number of methoxy groups -OCH3 is 1. The number of halogens is 6. The number of hydrogen-bond donors (Lipinski definition) is 2. The second-order valence-corrected chi connectivity index (χ2v) is 4.77. The van der Waals surface area contributed by atoms with Crippen LogP contribution in [0.3, 0.4) is 0 Å². The fourth-order valence-corrected chi connectivity index (χ4v) is 1.88. The van der Waals surface area contributed by atoms with Crippen molar-refractivity contribution in [3.63, 3.8) is 0 Å². The van der Waals surface area contributed by atoms with E-state index in [1.165, 1.54) is 12.2 Å². The summed E-state index contributed by atoms with van der Waals surface area (Å²) >= 11 is 0. The van der Waals surface area contributed by atoms with Gasteiger partial charge in [0.1, 0.15) is 5.56 Å². The van der Waals surface area contributed by atoms with Crippen LogP contribution < -0.4 is 10.1 Å². The smallest absolute Gasteiger partial charge is 0.471 e. The Hall–Kier alpha value is -2.04. The van der Waals surface area contributed by atoms with Crippen molar-refractivity contribution in [2.75, 3.05) is 13.7 Å². The molecule has 1 amide bonds. The van der Waals surface area contributed by atoms with Gasteiger partial charge >= 0.3 is 18.3 Å². The van der Waals surface area contributed by atoms with Gasteiger partial charge in [0.25, 0.3) is 0 Å². The van der Waals surface area contributed by atoms with Gasteiger partial charge < -0.3 is 15.2 Å². The lowest BCUT2D eigenvalue weighted by Crippen LogP contribution is -2.37. The highest BCUT2D eigenvalue weighted by Crippen LogP contribution is 2.37. The van der Waals surface area contributed by atoms with Crippen LogP contribution in [0.15, 0.2) is 6.07 Å². The fourth-order valence-electron chi connectivity index (χ4n) is 1.88. The Bertz CT molecular complexity index is 599. The second-order valence-electron chi connectivity index (χ2n) is 4.77. The first kappa shape index (κ1) is 20.0. The number of pyridine rings is 1. The lowest BCUT2D eigenvalue weighted by molar-refractivity contribution is -0.173. The van der Waals surface area contributed by atoms with Crippen LogP contribution >= 0.6 is 0 Å². The summed E-state index contributed by atoms with van der Waals surface area (Å²) in [6.45, 7) is 0.649. The van der Waals surface area contributed by atoms with E-state index in [0.717, 1.165) is 7.11 Å². The van der Waals surface area contributed by atoms with Gasteiger partial charge in [-0.25, -0.2) is 4.98 Å². The van der Waals surface area contributed by atoms with Crippen LogP contribution in [0.2, 0.25) is 0 Å². The Morgan fingerprint density at radius 1 is 1.33 bits per heavy atom. The molecule has 1 rings (SSSR count). The van der Waals surface area contributed by atoms with E-state index in [4.69, 9.17) is 0 Å². The highest BCUT2D eigenvalue weighted by atomic mass is 19.4. The number of aliphatic hydroxyl groups excluding tert-OH is 1. The zero-order chi connectivity index (χ0) is 18.7. The first-order valence-electron chi connectivity index (χ1n) is 6.56. The molecule has 0 fully saturated rings. The Morgan fingerprint density at radius 2 is 1.92 bits per heavy atom. The SMILES string of the molecule is COc1nc([C@@H](C)O)c(CCNC(=O)C(F)(F)F)cc1C(F)(F)F. The van der Waals surface area contributed by atoms with Gasteiger partial charge in [-0.3, -0.25) is 4.79 Å². The first-order valence-corrected chi connectivity index (χ1v) is 6.56. The molecule has 11 heteroatoms. The van der Waals surface area contributed by atoms with Crippen molar-refractivity contribution >= 4 is 5.91 Å². The van der Waals surface area contributed by atoms with Gasteiger partial charge in [0.2, 0.25) is 5.88 Å². The lowest BCUT2D eigenvalue weighted by Gasteiger charge is -2.18. The third-order valence-electron chi connectivity index (χ3n) is 2.93. The molecule has 1 aromatic rings.